The largest absolute Gasteiger partial charge is 0.733 e. The lowest BCUT2D eigenvalue weighted by Gasteiger charge is -2.22. The van der Waals surface area contributed by atoms with Gasteiger partial charge >= 0.3 is 5.97 Å². The second-order valence-corrected chi connectivity index (χ2v) is 4.58. The third kappa shape index (κ3) is 3.69. The summed E-state index contributed by atoms with van der Waals surface area (Å²) in [6.45, 7) is 1.22. The maximum absolute atomic E-state index is 12.5. The first kappa shape index (κ1) is 15.7. The van der Waals surface area contributed by atoms with Gasteiger partial charge in [-0.25, -0.2) is 0 Å². The van der Waals surface area contributed by atoms with E-state index >= 15 is 0 Å². The first-order valence-electron chi connectivity index (χ1n) is 6.51. The number of benzene rings is 2. The molecule has 0 aliphatic heterocycles. The number of ether oxygens (including phenoxy) is 1. The zero-order chi connectivity index (χ0) is 16.1. The molecule has 1 atom stereocenters. The number of esters is 1. The summed E-state index contributed by atoms with van der Waals surface area (Å²) in [6.07, 6.45) is -1.10. The fourth-order valence-electron chi connectivity index (χ4n) is 1.97. The molecule has 0 fully saturated rings. The van der Waals surface area contributed by atoms with Gasteiger partial charge in [-0.3, -0.25) is 14.8 Å². The molecular weight excluding hydrogens is 286 g/mol. The lowest BCUT2D eigenvalue weighted by Crippen LogP contribution is -2.19. The quantitative estimate of drug-likeness (QED) is 0.519. The number of anilines is 1. The number of Topliss-reactive ketones (excluding diaryl/α,β-unsaturated/α-hetero) is 1. The standard InChI is InChI=1S/C16H14NO5/c1-11(18)22-16(15(19)12-5-3-2-4-6-12)13-7-9-14(10-8-13)17(20)21/h2-10,16,20H,1H3/q-1/t16-/m0/s1. The van der Waals surface area contributed by atoms with Crippen LogP contribution in [0.5, 0.6) is 0 Å². The molecule has 0 unspecified atom stereocenters. The predicted octanol–water partition coefficient (Wildman–Crippen LogP) is 2.87. The van der Waals surface area contributed by atoms with Gasteiger partial charge in [0, 0.05) is 18.1 Å². The van der Waals surface area contributed by atoms with Crippen LogP contribution in [0.1, 0.15) is 28.9 Å². The molecule has 114 valence electrons. The molecule has 0 amide bonds. The Morgan fingerprint density at radius 2 is 1.68 bits per heavy atom. The van der Waals surface area contributed by atoms with E-state index in [2.05, 4.69) is 0 Å². The Morgan fingerprint density at radius 1 is 1.09 bits per heavy atom. The molecule has 0 saturated carbocycles. The van der Waals surface area contributed by atoms with Gasteiger partial charge in [-0.2, -0.15) is 0 Å². The van der Waals surface area contributed by atoms with Crippen molar-refractivity contribution in [1.82, 2.24) is 0 Å². The molecule has 2 rings (SSSR count). The molecule has 0 spiro atoms. The van der Waals surface area contributed by atoms with Gasteiger partial charge in [0.25, 0.3) is 0 Å². The molecule has 1 N–H and O–H groups in total. The smallest absolute Gasteiger partial charge is 0.303 e. The van der Waals surface area contributed by atoms with Crippen molar-refractivity contribution < 1.29 is 19.5 Å². The first-order chi connectivity index (χ1) is 10.5. The lowest BCUT2D eigenvalue weighted by molar-refractivity contribution is -0.144. The summed E-state index contributed by atoms with van der Waals surface area (Å²) in [5.74, 6) is -0.961. The zero-order valence-electron chi connectivity index (χ0n) is 11.8. The Balaban J connectivity index is 2.33. The maximum Gasteiger partial charge on any atom is 0.303 e. The Bertz CT molecular complexity index is 652. The van der Waals surface area contributed by atoms with Crippen LogP contribution in [-0.2, 0) is 9.53 Å². The highest BCUT2D eigenvalue weighted by atomic mass is 16.8. The van der Waals surface area contributed by atoms with Crippen LogP contribution >= 0.6 is 0 Å². The van der Waals surface area contributed by atoms with Gasteiger partial charge < -0.3 is 15.2 Å². The van der Waals surface area contributed by atoms with Crippen LogP contribution < -0.4 is 5.23 Å². The molecule has 0 heterocycles. The van der Waals surface area contributed by atoms with Crippen LogP contribution in [-0.4, -0.2) is 17.0 Å². The fourth-order valence-corrected chi connectivity index (χ4v) is 1.97. The highest BCUT2D eigenvalue weighted by Crippen LogP contribution is 2.25. The highest BCUT2D eigenvalue weighted by molar-refractivity contribution is 6.00. The number of carbonyl (C=O) groups is 2. The van der Waals surface area contributed by atoms with Crippen molar-refractivity contribution in [2.45, 2.75) is 13.0 Å². The molecule has 0 aliphatic rings. The number of hydrogen-bond donors (Lipinski definition) is 1. The average molecular weight is 300 g/mol. The number of rotatable bonds is 5. The number of nitrogens with zero attached hydrogens (tertiary/aromatic N) is 1. The van der Waals surface area contributed by atoms with Gasteiger partial charge in [0.15, 0.2) is 6.10 Å². The molecule has 0 aromatic heterocycles. The number of carbonyl (C=O) groups excluding carboxylic acids is 2. The van der Waals surface area contributed by atoms with Crippen molar-refractivity contribution in [3.05, 3.63) is 70.9 Å². The van der Waals surface area contributed by atoms with Gasteiger partial charge in [-0.05, 0) is 12.1 Å². The van der Waals surface area contributed by atoms with E-state index in [1.54, 1.807) is 30.3 Å². The van der Waals surface area contributed by atoms with E-state index < -0.39 is 12.1 Å². The summed E-state index contributed by atoms with van der Waals surface area (Å²) in [7, 11) is 0. The van der Waals surface area contributed by atoms with Crippen molar-refractivity contribution in [2.24, 2.45) is 0 Å². The summed E-state index contributed by atoms with van der Waals surface area (Å²) in [5.41, 5.74) is 0.831. The van der Waals surface area contributed by atoms with E-state index in [1.807, 2.05) is 0 Å². The summed E-state index contributed by atoms with van der Waals surface area (Å²) in [5, 5.41) is 19.3. The Morgan fingerprint density at radius 3 is 2.18 bits per heavy atom. The molecule has 6 nitrogen and oxygen atoms in total. The summed E-state index contributed by atoms with van der Waals surface area (Å²) in [6, 6.07) is 14.0. The van der Waals surface area contributed by atoms with Crippen LogP contribution in [0.2, 0.25) is 0 Å². The lowest BCUT2D eigenvalue weighted by atomic mass is 9.99. The van der Waals surface area contributed by atoms with Gasteiger partial charge in [-0.15, -0.1) is 0 Å². The molecule has 0 aliphatic carbocycles. The SMILES string of the molecule is CC(=O)O[C@H](C(=O)c1ccccc1)c1ccc(N([O-])O)cc1. The van der Waals surface area contributed by atoms with Crippen molar-refractivity contribution >= 4 is 17.4 Å². The molecule has 2 aromatic rings. The predicted molar refractivity (Wildman–Crippen MR) is 79.4 cm³/mol. The first-order valence-corrected chi connectivity index (χ1v) is 6.51. The van der Waals surface area contributed by atoms with Gasteiger partial charge in [-0.1, -0.05) is 42.5 Å². The Kier molecular flexibility index (Phi) is 4.88. The van der Waals surface area contributed by atoms with Crippen LogP contribution in [0, 0.1) is 5.21 Å². The van der Waals surface area contributed by atoms with Crippen molar-refractivity contribution in [3.63, 3.8) is 0 Å². The van der Waals surface area contributed by atoms with Gasteiger partial charge in [0.1, 0.15) is 0 Å². The topological polar surface area (TPSA) is 89.9 Å². The van der Waals surface area contributed by atoms with Crippen LogP contribution in [0.25, 0.3) is 0 Å². The molecular formula is C16H14NO5-. The van der Waals surface area contributed by atoms with Crippen LogP contribution in [0.3, 0.4) is 0 Å². The van der Waals surface area contributed by atoms with Gasteiger partial charge in [0.05, 0.1) is 5.69 Å². The monoisotopic (exact) mass is 300 g/mol. The molecule has 0 saturated heterocycles. The number of hydrogen-bond acceptors (Lipinski definition) is 6. The second-order valence-electron chi connectivity index (χ2n) is 4.58. The minimum Gasteiger partial charge on any atom is -0.733 e. The zero-order valence-corrected chi connectivity index (χ0v) is 11.8. The minimum atomic E-state index is -1.10. The van der Waals surface area contributed by atoms with Crippen LogP contribution in [0.4, 0.5) is 5.69 Å². The molecule has 2 aromatic carbocycles. The van der Waals surface area contributed by atoms with E-state index in [1.165, 1.54) is 31.2 Å². The van der Waals surface area contributed by atoms with E-state index in [0.717, 1.165) is 0 Å². The minimum absolute atomic E-state index is 0.0116. The molecule has 6 heteroatoms. The van der Waals surface area contributed by atoms with Crippen LogP contribution in [0.15, 0.2) is 54.6 Å². The van der Waals surface area contributed by atoms with E-state index in [4.69, 9.17) is 9.94 Å². The third-order valence-corrected chi connectivity index (χ3v) is 3.00. The summed E-state index contributed by atoms with van der Waals surface area (Å²) in [4.78, 5) is 23.8. The number of ketones is 1. The summed E-state index contributed by atoms with van der Waals surface area (Å²) < 4.78 is 5.11. The van der Waals surface area contributed by atoms with E-state index in [-0.39, 0.29) is 16.7 Å². The third-order valence-electron chi connectivity index (χ3n) is 3.00. The van der Waals surface area contributed by atoms with Gasteiger partial charge in [0.2, 0.25) is 5.78 Å². The van der Waals surface area contributed by atoms with E-state index in [9.17, 15) is 14.8 Å². The average Bonchev–Trinajstić information content (AvgIpc) is 2.53. The second kappa shape index (κ2) is 6.84. The highest BCUT2D eigenvalue weighted by Gasteiger charge is 2.24. The molecule has 22 heavy (non-hydrogen) atoms. The van der Waals surface area contributed by atoms with Crippen molar-refractivity contribution in [1.29, 1.82) is 0 Å². The molecule has 0 bridgehead atoms. The Hall–Kier alpha value is -2.70. The van der Waals surface area contributed by atoms with Crippen molar-refractivity contribution in [2.75, 3.05) is 5.23 Å². The molecule has 0 radical (unpaired) electrons. The Labute approximate surface area is 127 Å². The summed E-state index contributed by atoms with van der Waals surface area (Å²) >= 11 is 0. The van der Waals surface area contributed by atoms with Crippen molar-refractivity contribution in [3.8, 4) is 0 Å². The fraction of sp³-hybridized carbons (Fsp3) is 0.125. The van der Waals surface area contributed by atoms with E-state index in [0.29, 0.717) is 11.1 Å². The maximum atomic E-state index is 12.5. The normalized spacial score (nSPS) is 11.6.